The third kappa shape index (κ3) is 5.17. The van der Waals surface area contributed by atoms with E-state index in [1.165, 1.54) is 16.4 Å². The minimum Gasteiger partial charge on any atom is -0.492 e. The van der Waals surface area contributed by atoms with Crippen LogP contribution in [0.3, 0.4) is 0 Å². The molecule has 8 heteroatoms. The third-order valence-electron chi connectivity index (χ3n) is 5.47. The zero-order valence-electron chi connectivity index (χ0n) is 19.4. The number of hydrogen-bond donors (Lipinski definition) is 1. The van der Waals surface area contributed by atoms with Gasteiger partial charge in [-0.3, -0.25) is 9.10 Å². The van der Waals surface area contributed by atoms with Gasteiger partial charge in [-0.2, -0.15) is 0 Å². The first-order valence-corrected chi connectivity index (χ1v) is 12.5. The van der Waals surface area contributed by atoms with Gasteiger partial charge in [0.15, 0.2) is 6.10 Å². The van der Waals surface area contributed by atoms with Gasteiger partial charge >= 0.3 is 0 Å². The fourth-order valence-corrected chi connectivity index (χ4v) is 5.42. The number of carbonyl (C=O) groups is 1. The summed E-state index contributed by atoms with van der Waals surface area (Å²) in [5, 5.41) is 2.80. The maximum absolute atomic E-state index is 13.4. The first-order valence-electron chi connectivity index (χ1n) is 11.1. The fraction of sp³-hybridized carbons (Fsp3) is 0.269. The number of nitrogens with zero attached hydrogens (tertiary/aromatic N) is 1. The van der Waals surface area contributed by atoms with E-state index < -0.39 is 22.0 Å². The molecule has 4 rings (SSSR count). The van der Waals surface area contributed by atoms with E-state index in [2.05, 4.69) is 11.4 Å². The number of anilines is 1. The second-order valence-electron chi connectivity index (χ2n) is 8.39. The lowest BCUT2D eigenvalue weighted by molar-refractivity contribution is -0.127. The molecule has 1 aliphatic rings. The molecular weight excluding hydrogens is 452 g/mol. The highest BCUT2D eigenvalue weighted by Crippen LogP contribution is 2.37. The summed E-state index contributed by atoms with van der Waals surface area (Å²) in [5.41, 5.74) is 3.52. The lowest BCUT2D eigenvalue weighted by Crippen LogP contribution is -2.51. The number of fused-ring (bicyclic) bond motifs is 1. The maximum atomic E-state index is 13.4. The van der Waals surface area contributed by atoms with Crippen LogP contribution in [-0.2, 0) is 14.8 Å². The van der Waals surface area contributed by atoms with Crippen LogP contribution in [0.25, 0.3) is 0 Å². The highest BCUT2D eigenvalue weighted by atomic mass is 32.2. The minimum atomic E-state index is -3.88. The molecule has 0 fully saturated rings. The van der Waals surface area contributed by atoms with E-state index in [1.807, 2.05) is 39.0 Å². The van der Waals surface area contributed by atoms with Crippen LogP contribution >= 0.6 is 0 Å². The van der Waals surface area contributed by atoms with Crippen LogP contribution < -0.4 is 19.1 Å². The van der Waals surface area contributed by atoms with Crippen molar-refractivity contribution in [2.75, 3.05) is 24.0 Å². The monoisotopic (exact) mass is 480 g/mol. The molecule has 1 unspecified atom stereocenters. The van der Waals surface area contributed by atoms with E-state index in [0.717, 1.165) is 22.4 Å². The Morgan fingerprint density at radius 1 is 1.00 bits per heavy atom. The van der Waals surface area contributed by atoms with E-state index in [-0.39, 0.29) is 24.6 Å². The van der Waals surface area contributed by atoms with Crippen LogP contribution in [0.4, 0.5) is 5.69 Å². The Bertz CT molecular complexity index is 1270. The van der Waals surface area contributed by atoms with Crippen molar-refractivity contribution in [1.82, 2.24) is 5.32 Å². The van der Waals surface area contributed by atoms with Crippen LogP contribution in [0.15, 0.2) is 71.6 Å². The predicted octanol–water partition coefficient (Wildman–Crippen LogP) is 3.76. The summed E-state index contributed by atoms with van der Waals surface area (Å²) in [6.07, 6.45) is -0.992. The highest BCUT2D eigenvalue weighted by molar-refractivity contribution is 7.92. The zero-order valence-corrected chi connectivity index (χ0v) is 20.3. The first-order chi connectivity index (χ1) is 16.2. The fourth-order valence-electron chi connectivity index (χ4n) is 3.92. The number of amides is 1. The van der Waals surface area contributed by atoms with Crippen molar-refractivity contribution in [2.45, 2.75) is 31.8 Å². The number of hydrogen-bond acceptors (Lipinski definition) is 5. The van der Waals surface area contributed by atoms with E-state index in [0.29, 0.717) is 11.4 Å². The largest absolute Gasteiger partial charge is 0.492 e. The van der Waals surface area contributed by atoms with E-state index in [1.54, 1.807) is 30.3 Å². The molecule has 34 heavy (non-hydrogen) atoms. The normalized spacial score (nSPS) is 15.3. The SMILES string of the molecule is Cc1cc(C)cc(OCCNC(=O)C2CN(S(=O)(=O)c3ccccc3)c3ccc(C)cc3O2)c1. The molecule has 0 spiro atoms. The van der Waals surface area contributed by atoms with Gasteiger partial charge in [0.05, 0.1) is 23.7 Å². The Labute approximate surface area is 200 Å². The molecule has 1 atom stereocenters. The van der Waals surface area contributed by atoms with Gasteiger partial charge in [-0.25, -0.2) is 8.42 Å². The average Bonchev–Trinajstić information content (AvgIpc) is 2.80. The lowest BCUT2D eigenvalue weighted by Gasteiger charge is -2.35. The molecule has 3 aromatic rings. The van der Waals surface area contributed by atoms with Crippen LogP contribution in [0.5, 0.6) is 11.5 Å². The molecule has 0 aromatic heterocycles. The van der Waals surface area contributed by atoms with Crippen molar-refractivity contribution >= 4 is 21.6 Å². The van der Waals surface area contributed by atoms with Gasteiger partial charge in [-0.1, -0.05) is 30.3 Å². The maximum Gasteiger partial charge on any atom is 0.264 e. The molecule has 178 valence electrons. The van der Waals surface area contributed by atoms with E-state index in [9.17, 15) is 13.2 Å². The van der Waals surface area contributed by atoms with Gasteiger partial charge < -0.3 is 14.8 Å². The molecule has 3 aromatic carbocycles. The molecule has 0 radical (unpaired) electrons. The number of sulfonamides is 1. The molecule has 0 aliphatic carbocycles. The van der Waals surface area contributed by atoms with Crippen LogP contribution in [0.1, 0.15) is 16.7 Å². The molecule has 0 saturated carbocycles. The molecule has 1 aliphatic heterocycles. The minimum absolute atomic E-state index is 0.128. The van der Waals surface area contributed by atoms with Crippen molar-refractivity contribution in [2.24, 2.45) is 0 Å². The summed E-state index contributed by atoms with van der Waals surface area (Å²) in [7, 11) is -3.88. The van der Waals surface area contributed by atoms with Crippen molar-refractivity contribution in [3.05, 3.63) is 83.4 Å². The smallest absolute Gasteiger partial charge is 0.264 e. The summed E-state index contributed by atoms with van der Waals surface area (Å²) in [5.74, 6) is 0.701. The van der Waals surface area contributed by atoms with Crippen LogP contribution in [-0.4, -0.2) is 40.1 Å². The number of carbonyl (C=O) groups excluding carboxylic acids is 1. The Hall–Kier alpha value is -3.52. The molecule has 1 amide bonds. The molecule has 0 bridgehead atoms. The van der Waals surface area contributed by atoms with Crippen molar-refractivity contribution in [1.29, 1.82) is 0 Å². The Balaban J connectivity index is 1.47. The van der Waals surface area contributed by atoms with Gasteiger partial charge in [-0.05, 0) is 73.9 Å². The average molecular weight is 481 g/mol. The van der Waals surface area contributed by atoms with Gasteiger partial charge in [0, 0.05) is 0 Å². The Morgan fingerprint density at radius 2 is 1.71 bits per heavy atom. The standard InChI is InChI=1S/C26H28N2O5S/c1-18-9-10-23-24(16-18)33-25(17-28(23)34(30,31)22-7-5-4-6-8-22)26(29)27-11-12-32-21-14-19(2)13-20(3)15-21/h4-10,13-16,25H,11-12,17H2,1-3H3,(H,27,29). The number of aryl methyl sites for hydroxylation is 3. The molecule has 0 saturated heterocycles. The summed E-state index contributed by atoms with van der Waals surface area (Å²) in [6, 6.07) is 19.4. The van der Waals surface area contributed by atoms with Gasteiger partial charge in [-0.15, -0.1) is 0 Å². The Morgan fingerprint density at radius 3 is 2.41 bits per heavy atom. The zero-order chi connectivity index (χ0) is 24.3. The summed E-state index contributed by atoms with van der Waals surface area (Å²) in [6.45, 7) is 6.29. The van der Waals surface area contributed by atoms with Crippen LogP contribution in [0.2, 0.25) is 0 Å². The second-order valence-corrected chi connectivity index (χ2v) is 10.3. The van der Waals surface area contributed by atoms with Gasteiger partial charge in [0.1, 0.15) is 18.1 Å². The lowest BCUT2D eigenvalue weighted by atomic mass is 10.1. The summed E-state index contributed by atoms with van der Waals surface area (Å²) in [4.78, 5) is 13.1. The van der Waals surface area contributed by atoms with Crippen molar-refractivity contribution < 1.29 is 22.7 Å². The predicted molar refractivity (Wildman–Crippen MR) is 131 cm³/mol. The number of rotatable bonds is 7. The third-order valence-corrected chi connectivity index (χ3v) is 7.27. The Kier molecular flexibility index (Phi) is 6.79. The van der Waals surface area contributed by atoms with Gasteiger partial charge in [0.2, 0.25) is 0 Å². The van der Waals surface area contributed by atoms with E-state index in [4.69, 9.17) is 9.47 Å². The second kappa shape index (κ2) is 9.77. The number of nitrogens with one attached hydrogen (secondary N) is 1. The van der Waals surface area contributed by atoms with E-state index >= 15 is 0 Å². The molecule has 1 heterocycles. The van der Waals surface area contributed by atoms with Crippen molar-refractivity contribution in [3.63, 3.8) is 0 Å². The van der Waals surface area contributed by atoms with Crippen LogP contribution in [0, 0.1) is 20.8 Å². The number of benzene rings is 3. The summed E-state index contributed by atoms with van der Waals surface area (Å²) < 4.78 is 39.7. The molecule has 7 nitrogen and oxygen atoms in total. The number of ether oxygens (including phenoxy) is 2. The summed E-state index contributed by atoms with van der Waals surface area (Å²) >= 11 is 0. The first kappa shape index (κ1) is 23.6. The highest BCUT2D eigenvalue weighted by Gasteiger charge is 2.37. The topological polar surface area (TPSA) is 84.9 Å². The molecular formula is C26H28N2O5S. The quantitative estimate of drug-likeness (QED) is 0.521. The molecule has 1 N–H and O–H groups in total. The van der Waals surface area contributed by atoms with Gasteiger partial charge in [0.25, 0.3) is 15.9 Å². The van der Waals surface area contributed by atoms with Crippen molar-refractivity contribution in [3.8, 4) is 11.5 Å².